The van der Waals surface area contributed by atoms with Crippen LogP contribution in [0.1, 0.15) is 43.5 Å². The van der Waals surface area contributed by atoms with E-state index in [4.69, 9.17) is 11.6 Å². The van der Waals surface area contributed by atoms with Crippen molar-refractivity contribution in [2.24, 2.45) is 5.92 Å². The van der Waals surface area contributed by atoms with E-state index in [9.17, 15) is 14.4 Å². The van der Waals surface area contributed by atoms with Crippen LogP contribution in [-0.2, 0) is 9.59 Å². The first-order valence-corrected chi connectivity index (χ1v) is 12.1. The number of rotatable bonds is 6. The molecule has 3 amide bonds. The number of nitrogens with one attached hydrogen (secondary N) is 3. The minimum absolute atomic E-state index is 0.0640. The lowest BCUT2D eigenvalue weighted by atomic mass is 9.95. The number of amides is 3. The smallest absolute Gasteiger partial charge is 0.256 e. The van der Waals surface area contributed by atoms with E-state index in [1.54, 1.807) is 30.1 Å². The van der Waals surface area contributed by atoms with Crippen LogP contribution in [0.5, 0.6) is 0 Å². The maximum atomic E-state index is 13.5. The number of carbonyl (C=O) groups is 3. The SMILES string of the molecule is CN[C@@H](CC(C)C)C(=O)N[C@H]1CCN2C(=O)c3cc(-c4ccc(Cl)cc4)ccc3NC(=O)[C@@H]2C1. The van der Waals surface area contributed by atoms with Crippen LogP contribution in [0.2, 0.25) is 5.02 Å². The number of halogens is 1. The number of benzene rings is 2. The highest BCUT2D eigenvalue weighted by Gasteiger charge is 2.40. The summed E-state index contributed by atoms with van der Waals surface area (Å²) in [5.74, 6) is -0.0815. The zero-order valence-corrected chi connectivity index (χ0v) is 20.5. The van der Waals surface area contributed by atoms with Crippen molar-refractivity contribution >= 4 is 35.0 Å². The molecular formula is C26H31ClN4O3. The zero-order chi connectivity index (χ0) is 24.4. The van der Waals surface area contributed by atoms with E-state index in [2.05, 4.69) is 29.8 Å². The summed E-state index contributed by atoms with van der Waals surface area (Å²) in [4.78, 5) is 40.9. The van der Waals surface area contributed by atoms with Gasteiger partial charge in [0.1, 0.15) is 6.04 Å². The van der Waals surface area contributed by atoms with Crippen molar-refractivity contribution in [2.45, 2.75) is 51.2 Å². The molecular weight excluding hydrogens is 452 g/mol. The van der Waals surface area contributed by atoms with Crippen LogP contribution >= 0.6 is 11.6 Å². The standard InChI is InChI=1S/C26H31ClN4O3/c1-15(2)12-22(28-3)24(32)29-19-10-11-31-23(14-19)25(33)30-21-9-6-17(13-20(21)26(31)34)16-4-7-18(27)8-5-16/h4-9,13,15,19,22-23,28H,10-12,14H2,1-3H3,(H,29,32)(H,30,33)/t19-,22-,23-/m0/s1. The van der Waals surface area contributed by atoms with Crippen LogP contribution in [-0.4, -0.2) is 54.3 Å². The molecule has 7 nitrogen and oxygen atoms in total. The van der Waals surface area contributed by atoms with Crippen LogP contribution in [0.3, 0.4) is 0 Å². The lowest BCUT2D eigenvalue weighted by Gasteiger charge is -2.37. The summed E-state index contributed by atoms with van der Waals surface area (Å²) in [7, 11) is 1.78. The van der Waals surface area contributed by atoms with Gasteiger partial charge in [-0.05, 0) is 67.6 Å². The van der Waals surface area contributed by atoms with Gasteiger partial charge in [0.05, 0.1) is 17.3 Å². The Balaban J connectivity index is 1.52. The van der Waals surface area contributed by atoms with Crippen molar-refractivity contribution in [3.63, 3.8) is 0 Å². The molecule has 3 atom stereocenters. The Morgan fingerprint density at radius 3 is 2.53 bits per heavy atom. The third-order valence-corrected chi connectivity index (χ3v) is 6.82. The molecule has 2 aromatic carbocycles. The molecule has 0 radical (unpaired) electrons. The lowest BCUT2D eigenvalue weighted by molar-refractivity contribution is -0.126. The number of anilines is 1. The van der Waals surface area contributed by atoms with E-state index in [0.29, 0.717) is 41.6 Å². The molecule has 0 aliphatic carbocycles. The average Bonchev–Trinajstić information content (AvgIpc) is 2.92. The van der Waals surface area contributed by atoms with E-state index < -0.39 is 6.04 Å². The largest absolute Gasteiger partial charge is 0.352 e. The molecule has 2 aliphatic heterocycles. The Morgan fingerprint density at radius 1 is 1.15 bits per heavy atom. The van der Waals surface area contributed by atoms with Gasteiger partial charge in [-0.1, -0.05) is 43.6 Å². The lowest BCUT2D eigenvalue weighted by Crippen LogP contribution is -2.56. The summed E-state index contributed by atoms with van der Waals surface area (Å²) in [6.45, 7) is 4.56. The second-order valence-electron chi connectivity index (χ2n) is 9.47. The molecule has 3 N–H and O–H groups in total. The Hall–Kier alpha value is -2.90. The number of carbonyl (C=O) groups excluding carboxylic acids is 3. The average molecular weight is 483 g/mol. The number of hydrogen-bond acceptors (Lipinski definition) is 4. The van der Waals surface area contributed by atoms with Gasteiger partial charge in [-0.3, -0.25) is 14.4 Å². The molecule has 0 saturated carbocycles. The van der Waals surface area contributed by atoms with Gasteiger partial charge in [0.15, 0.2) is 0 Å². The predicted octanol–water partition coefficient (Wildman–Crippen LogP) is 3.68. The fraction of sp³-hybridized carbons (Fsp3) is 0.423. The van der Waals surface area contributed by atoms with Gasteiger partial charge in [0.2, 0.25) is 11.8 Å². The maximum absolute atomic E-state index is 13.5. The van der Waals surface area contributed by atoms with Crippen molar-refractivity contribution in [2.75, 3.05) is 18.9 Å². The summed E-state index contributed by atoms with van der Waals surface area (Å²) < 4.78 is 0. The van der Waals surface area contributed by atoms with E-state index >= 15 is 0 Å². The number of nitrogens with zero attached hydrogens (tertiary/aromatic N) is 1. The monoisotopic (exact) mass is 482 g/mol. The van der Waals surface area contributed by atoms with Gasteiger partial charge in [-0.25, -0.2) is 0 Å². The summed E-state index contributed by atoms with van der Waals surface area (Å²) in [6.07, 6.45) is 1.72. The van der Waals surface area contributed by atoms with Crippen molar-refractivity contribution < 1.29 is 14.4 Å². The van der Waals surface area contributed by atoms with Crippen LogP contribution in [0.4, 0.5) is 5.69 Å². The molecule has 1 fully saturated rings. The number of fused-ring (bicyclic) bond motifs is 2. The highest BCUT2D eigenvalue weighted by molar-refractivity contribution is 6.30. The molecule has 2 aromatic rings. The Bertz CT molecular complexity index is 1090. The molecule has 2 aliphatic rings. The van der Waals surface area contributed by atoms with E-state index in [1.807, 2.05) is 24.3 Å². The van der Waals surface area contributed by atoms with Crippen LogP contribution in [0.15, 0.2) is 42.5 Å². The molecule has 2 heterocycles. The summed E-state index contributed by atoms with van der Waals surface area (Å²) in [5, 5.41) is 9.74. The molecule has 0 unspecified atom stereocenters. The third kappa shape index (κ3) is 5.10. The molecule has 0 spiro atoms. The minimum atomic E-state index is -0.629. The first-order chi connectivity index (χ1) is 16.3. The van der Waals surface area contributed by atoms with E-state index in [-0.39, 0.29) is 29.8 Å². The second kappa shape index (κ2) is 10.2. The normalized spacial score (nSPS) is 20.8. The molecule has 0 aromatic heterocycles. The predicted molar refractivity (Wildman–Crippen MR) is 134 cm³/mol. The molecule has 0 bridgehead atoms. The second-order valence-corrected chi connectivity index (χ2v) is 9.91. The van der Waals surface area contributed by atoms with Crippen molar-refractivity contribution in [1.82, 2.24) is 15.5 Å². The van der Waals surface area contributed by atoms with Crippen molar-refractivity contribution in [1.29, 1.82) is 0 Å². The zero-order valence-electron chi connectivity index (χ0n) is 19.7. The van der Waals surface area contributed by atoms with Crippen LogP contribution in [0, 0.1) is 5.92 Å². The van der Waals surface area contributed by atoms with Gasteiger partial charge in [0.25, 0.3) is 5.91 Å². The summed E-state index contributed by atoms with van der Waals surface area (Å²) in [5.41, 5.74) is 2.80. The van der Waals surface area contributed by atoms with E-state index in [1.165, 1.54) is 0 Å². The van der Waals surface area contributed by atoms with E-state index in [0.717, 1.165) is 17.5 Å². The maximum Gasteiger partial charge on any atom is 0.256 e. The first kappa shape index (κ1) is 24.2. The fourth-order valence-corrected chi connectivity index (χ4v) is 4.87. The molecule has 180 valence electrons. The molecule has 34 heavy (non-hydrogen) atoms. The summed E-state index contributed by atoms with van der Waals surface area (Å²) in [6, 6.07) is 11.8. The highest BCUT2D eigenvalue weighted by atomic mass is 35.5. The van der Waals surface area contributed by atoms with Gasteiger partial charge >= 0.3 is 0 Å². The third-order valence-electron chi connectivity index (χ3n) is 6.57. The topological polar surface area (TPSA) is 90.5 Å². The molecule has 1 saturated heterocycles. The molecule has 4 rings (SSSR count). The Morgan fingerprint density at radius 2 is 1.85 bits per heavy atom. The number of likely N-dealkylation sites (N-methyl/N-ethyl adjacent to an activating group) is 1. The van der Waals surface area contributed by atoms with Crippen LogP contribution < -0.4 is 16.0 Å². The summed E-state index contributed by atoms with van der Waals surface area (Å²) >= 11 is 6.00. The van der Waals surface area contributed by atoms with Crippen molar-refractivity contribution in [3.05, 3.63) is 53.1 Å². The Kier molecular flexibility index (Phi) is 7.24. The van der Waals surface area contributed by atoms with Gasteiger partial charge < -0.3 is 20.9 Å². The quantitative estimate of drug-likeness (QED) is 0.585. The van der Waals surface area contributed by atoms with Crippen molar-refractivity contribution in [3.8, 4) is 11.1 Å². The first-order valence-electron chi connectivity index (χ1n) is 11.8. The van der Waals surface area contributed by atoms with Gasteiger partial charge in [0, 0.05) is 17.6 Å². The van der Waals surface area contributed by atoms with Gasteiger partial charge in [-0.2, -0.15) is 0 Å². The van der Waals surface area contributed by atoms with Gasteiger partial charge in [-0.15, -0.1) is 0 Å². The highest BCUT2D eigenvalue weighted by Crippen LogP contribution is 2.32. The fourth-order valence-electron chi connectivity index (χ4n) is 4.74. The number of hydrogen-bond donors (Lipinski definition) is 3. The van der Waals surface area contributed by atoms with Crippen LogP contribution in [0.25, 0.3) is 11.1 Å². The number of piperidine rings is 1. The minimum Gasteiger partial charge on any atom is -0.352 e. The Labute approximate surface area is 205 Å². The molecule has 8 heteroatoms.